The molecule has 1 rings (SSSR count). The number of methoxy groups -OCH3 is 1. The van der Waals surface area contributed by atoms with E-state index in [2.05, 4.69) is 5.32 Å². The third-order valence-electron chi connectivity index (χ3n) is 1.88. The lowest BCUT2D eigenvalue weighted by Gasteiger charge is -2.14. The molecule has 84 valence electrons. The summed E-state index contributed by atoms with van der Waals surface area (Å²) < 4.78 is 5.13. The van der Waals surface area contributed by atoms with E-state index >= 15 is 0 Å². The molecule has 2 N–H and O–H groups in total. The van der Waals surface area contributed by atoms with Gasteiger partial charge in [0.1, 0.15) is 0 Å². The Morgan fingerprint density at radius 1 is 1.53 bits per heavy atom. The SMILES string of the molecule is COc1c(Cl)cccc1NCC(O)CCl. The average molecular weight is 250 g/mol. The van der Waals surface area contributed by atoms with Crippen LogP contribution in [0.4, 0.5) is 5.69 Å². The van der Waals surface area contributed by atoms with Crippen molar-refractivity contribution in [2.75, 3.05) is 24.9 Å². The molecule has 1 unspecified atom stereocenters. The Morgan fingerprint density at radius 3 is 2.87 bits per heavy atom. The molecular weight excluding hydrogens is 237 g/mol. The first-order valence-electron chi connectivity index (χ1n) is 4.49. The van der Waals surface area contributed by atoms with Crippen molar-refractivity contribution in [2.45, 2.75) is 6.10 Å². The number of para-hydroxylation sites is 1. The summed E-state index contributed by atoms with van der Waals surface area (Å²) >= 11 is 11.4. The molecule has 0 saturated carbocycles. The number of nitrogens with one attached hydrogen (secondary N) is 1. The fraction of sp³-hybridized carbons (Fsp3) is 0.400. The van der Waals surface area contributed by atoms with Gasteiger partial charge in [-0.1, -0.05) is 17.7 Å². The van der Waals surface area contributed by atoms with Gasteiger partial charge in [-0.15, -0.1) is 11.6 Å². The molecule has 1 aromatic rings. The maximum absolute atomic E-state index is 9.28. The summed E-state index contributed by atoms with van der Waals surface area (Å²) in [7, 11) is 1.55. The Bertz CT molecular complexity index is 320. The topological polar surface area (TPSA) is 41.5 Å². The minimum atomic E-state index is -0.588. The molecule has 1 aromatic carbocycles. The van der Waals surface area contributed by atoms with Crippen molar-refractivity contribution in [1.82, 2.24) is 0 Å². The highest BCUT2D eigenvalue weighted by Gasteiger charge is 2.08. The molecule has 0 bridgehead atoms. The summed E-state index contributed by atoms with van der Waals surface area (Å²) in [4.78, 5) is 0. The van der Waals surface area contributed by atoms with Crippen molar-refractivity contribution in [1.29, 1.82) is 0 Å². The summed E-state index contributed by atoms with van der Waals surface area (Å²) in [6.45, 7) is 0.361. The highest BCUT2D eigenvalue weighted by molar-refractivity contribution is 6.32. The van der Waals surface area contributed by atoms with Crippen LogP contribution in [0.15, 0.2) is 18.2 Å². The first kappa shape index (κ1) is 12.4. The first-order chi connectivity index (χ1) is 7.19. The maximum atomic E-state index is 9.28. The second kappa shape index (κ2) is 6.05. The minimum absolute atomic E-state index is 0.190. The van der Waals surface area contributed by atoms with Crippen LogP contribution in [-0.2, 0) is 0 Å². The Kier molecular flexibility index (Phi) is 5.02. The quantitative estimate of drug-likeness (QED) is 0.788. The van der Waals surface area contributed by atoms with E-state index < -0.39 is 6.10 Å². The van der Waals surface area contributed by atoms with Crippen molar-refractivity contribution in [2.24, 2.45) is 0 Å². The van der Waals surface area contributed by atoms with Gasteiger partial charge in [0.2, 0.25) is 0 Å². The lowest BCUT2D eigenvalue weighted by molar-refractivity contribution is 0.211. The molecule has 0 heterocycles. The van der Waals surface area contributed by atoms with Crippen LogP contribution in [0.1, 0.15) is 0 Å². The lowest BCUT2D eigenvalue weighted by Crippen LogP contribution is -2.21. The third-order valence-corrected chi connectivity index (χ3v) is 2.53. The zero-order chi connectivity index (χ0) is 11.3. The van der Waals surface area contributed by atoms with E-state index in [1.165, 1.54) is 0 Å². The van der Waals surface area contributed by atoms with Crippen LogP contribution in [0.3, 0.4) is 0 Å². The highest BCUT2D eigenvalue weighted by atomic mass is 35.5. The minimum Gasteiger partial charge on any atom is -0.493 e. The Balaban J connectivity index is 2.72. The van der Waals surface area contributed by atoms with Crippen LogP contribution >= 0.6 is 23.2 Å². The predicted octanol–water partition coefficient (Wildman–Crippen LogP) is 2.36. The van der Waals surface area contributed by atoms with Gasteiger partial charge in [-0.25, -0.2) is 0 Å². The number of anilines is 1. The predicted molar refractivity (Wildman–Crippen MR) is 63.2 cm³/mol. The largest absolute Gasteiger partial charge is 0.493 e. The zero-order valence-electron chi connectivity index (χ0n) is 8.34. The third kappa shape index (κ3) is 3.45. The van der Waals surface area contributed by atoms with Crippen LogP contribution in [0.2, 0.25) is 5.02 Å². The summed E-state index contributed by atoms with van der Waals surface area (Å²) in [5.74, 6) is 0.761. The number of rotatable bonds is 5. The number of hydrogen-bond acceptors (Lipinski definition) is 3. The Morgan fingerprint density at radius 2 is 2.27 bits per heavy atom. The van der Waals surface area contributed by atoms with Gasteiger partial charge >= 0.3 is 0 Å². The zero-order valence-corrected chi connectivity index (χ0v) is 9.85. The smallest absolute Gasteiger partial charge is 0.160 e. The van der Waals surface area contributed by atoms with E-state index in [1.54, 1.807) is 19.2 Å². The van der Waals surface area contributed by atoms with Gasteiger partial charge in [0, 0.05) is 6.54 Å². The molecule has 0 aromatic heterocycles. The van der Waals surface area contributed by atoms with Crippen LogP contribution in [-0.4, -0.2) is 30.7 Å². The number of benzene rings is 1. The average Bonchev–Trinajstić information content (AvgIpc) is 2.25. The van der Waals surface area contributed by atoms with Crippen molar-refractivity contribution in [3.8, 4) is 5.75 Å². The van der Waals surface area contributed by atoms with Gasteiger partial charge in [-0.2, -0.15) is 0 Å². The first-order valence-corrected chi connectivity index (χ1v) is 5.40. The van der Waals surface area contributed by atoms with E-state index in [-0.39, 0.29) is 5.88 Å². The molecule has 3 nitrogen and oxygen atoms in total. The van der Waals surface area contributed by atoms with Crippen LogP contribution in [0, 0.1) is 0 Å². The molecule has 0 aliphatic heterocycles. The molecule has 0 saturated heterocycles. The van der Waals surface area contributed by atoms with Crippen molar-refractivity contribution < 1.29 is 9.84 Å². The number of alkyl halides is 1. The molecule has 0 aliphatic carbocycles. The second-order valence-electron chi connectivity index (χ2n) is 3.01. The van der Waals surface area contributed by atoms with Crippen molar-refractivity contribution in [3.05, 3.63) is 23.2 Å². The molecule has 0 spiro atoms. The number of halogens is 2. The highest BCUT2D eigenvalue weighted by Crippen LogP contribution is 2.32. The van der Waals surface area contributed by atoms with Gasteiger partial charge in [0.25, 0.3) is 0 Å². The van der Waals surface area contributed by atoms with E-state index in [9.17, 15) is 5.11 Å². The van der Waals surface area contributed by atoms with Crippen molar-refractivity contribution >= 4 is 28.9 Å². The van der Waals surface area contributed by atoms with Gasteiger partial charge in [0.05, 0.1) is 29.8 Å². The van der Waals surface area contributed by atoms with E-state index in [0.29, 0.717) is 17.3 Å². The molecule has 1 atom stereocenters. The van der Waals surface area contributed by atoms with Crippen molar-refractivity contribution in [3.63, 3.8) is 0 Å². The fourth-order valence-corrected chi connectivity index (χ4v) is 1.50. The number of ether oxygens (including phenoxy) is 1. The van der Waals surface area contributed by atoms with Gasteiger partial charge < -0.3 is 15.2 Å². The second-order valence-corrected chi connectivity index (χ2v) is 3.73. The monoisotopic (exact) mass is 249 g/mol. The van der Waals surface area contributed by atoms with E-state index in [1.807, 2.05) is 6.07 Å². The molecule has 5 heteroatoms. The molecule has 15 heavy (non-hydrogen) atoms. The van der Waals surface area contributed by atoms with Crippen LogP contribution in [0.5, 0.6) is 5.75 Å². The fourth-order valence-electron chi connectivity index (χ4n) is 1.14. The summed E-state index contributed by atoms with van der Waals surface area (Å²) in [5, 5.41) is 12.8. The molecular formula is C10H13Cl2NO2. The summed E-state index contributed by atoms with van der Waals surface area (Å²) in [5.41, 5.74) is 0.745. The normalized spacial score (nSPS) is 12.3. The number of hydrogen-bond donors (Lipinski definition) is 2. The standard InChI is InChI=1S/C10H13Cl2NO2/c1-15-10-8(12)3-2-4-9(10)13-6-7(14)5-11/h2-4,7,13-14H,5-6H2,1H3. The van der Waals surface area contributed by atoms with Gasteiger partial charge in [0.15, 0.2) is 5.75 Å². The maximum Gasteiger partial charge on any atom is 0.160 e. The number of aliphatic hydroxyl groups is 1. The molecule has 0 fully saturated rings. The van der Waals surface area contributed by atoms with Crippen LogP contribution in [0.25, 0.3) is 0 Å². The molecule has 0 radical (unpaired) electrons. The Labute approximate surface area is 99.0 Å². The summed E-state index contributed by atoms with van der Waals surface area (Å²) in [6.07, 6.45) is -0.588. The Hall–Kier alpha value is -0.640. The lowest BCUT2D eigenvalue weighted by atomic mass is 10.2. The number of aliphatic hydroxyl groups excluding tert-OH is 1. The van der Waals surface area contributed by atoms with Gasteiger partial charge in [-0.05, 0) is 12.1 Å². The molecule has 0 aliphatic rings. The van der Waals surface area contributed by atoms with E-state index in [4.69, 9.17) is 27.9 Å². The van der Waals surface area contributed by atoms with Gasteiger partial charge in [-0.3, -0.25) is 0 Å². The van der Waals surface area contributed by atoms with E-state index in [0.717, 1.165) is 5.69 Å². The summed E-state index contributed by atoms with van der Waals surface area (Å²) in [6, 6.07) is 5.37. The molecule has 0 amide bonds. The van der Waals surface area contributed by atoms with Crippen LogP contribution < -0.4 is 10.1 Å².